The van der Waals surface area contributed by atoms with Crippen molar-refractivity contribution in [2.45, 2.75) is 6.42 Å². The van der Waals surface area contributed by atoms with E-state index in [2.05, 4.69) is 10.6 Å². The molecule has 3 nitrogen and oxygen atoms in total. The minimum Gasteiger partial charge on any atom is -0.351 e. The Balaban J connectivity index is 1.84. The monoisotopic (exact) mass is 244 g/mol. The van der Waals surface area contributed by atoms with Gasteiger partial charge in [0.25, 0.3) is 5.91 Å². The van der Waals surface area contributed by atoms with Crippen LogP contribution in [0.15, 0.2) is 11.4 Å². The summed E-state index contributed by atoms with van der Waals surface area (Å²) in [4.78, 5) is 12.3. The summed E-state index contributed by atoms with van der Waals surface area (Å²) < 4.78 is 0. The SMILES string of the molecule is O=C(NCC1CCNC1)c1sccc1Cl. The van der Waals surface area contributed by atoms with E-state index in [1.165, 1.54) is 11.3 Å². The van der Waals surface area contributed by atoms with Gasteiger partial charge in [-0.2, -0.15) is 0 Å². The smallest absolute Gasteiger partial charge is 0.262 e. The van der Waals surface area contributed by atoms with Gasteiger partial charge in [0.05, 0.1) is 5.02 Å². The van der Waals surface area contributed by atoms with E-state index < -0.39 is 0 Å². The van der Waals surface area contributed by atoms with Crippen molar-refractivity contribution in [1.82, 2.24) is 10.6 Å². The summed E-state index contributed by atoms with van der Waals surface area (Å²) in [7, 11) is 0. The van der Waals surface area contributed by atoms with Gasteiger partial charge in [0.1, 0.15) is 4.88 Å². The van der Waals surface area contributed by atoms with Crippen LogP contribution in [-0.2, 0) is 0 Å². The van der Waals surface area contributed by atoms with Crippen molar-refractivity contribution in [2.24, 2.45) is 5.92 Å². The molecule has 1 aromatic rings. The number of carbonyl (C=O) groups excluding carboxylic acids is 1. The zero-order chi connectivity index (χ0) is 10.7. The standard InChI is InChI=1S/C10H13ClN2OS/c11-8-2-4-15-9(8)10(14)13-6-7-1-3-12-5-7/h2,4,7,12H,1,3,5-6H2,(H,13,14). The summed E-state index contributed by atoms with van der Waals surface area (Å²) in [6, 6.07) is 1.75. The van der Waals surface area contributed by atoms with E-state index in [1.807, 2.05) is 5.38 Å². The molecule has 0 saturated carbocycles. The van der Waals surface area contributed by atoms with Crippen LogP contribution in [0.1, 0.15) is 16.1 Å². The number of amides is 1. The second kappa shape index (κ2) is 4.96. The molecule has 0 spiro atoms. The van der Waals surface area contributed by atoms with Gasteiger partial charge in [-0.3, -0.25) is 4.79 Å². The maximum atomic E-state index is 11.7. The van der Waals surface area contributed by atoms with Gasteiger partial charge in [-0.25, -0.2) is 0 Å². The topological polar surface area (TPSA) is 41.1 Å². The van der Waals surface area contributed by atoms with Crippen LogP contribution in [0.25, 0.3) is 0 Å². The first-order chi connectivity index (χ1) is 7.27. The average Bonchev–Trinajstić information content (AvgIpc) is 2.84. The van der Waals surface area contributed by atoms with Crippen LogP contribution in [-0.4, -0.2) is 25.5 Å². The Morgan fingerprint density at radius 3 is 3.20 bits per heavy atom. The van der Waals surface area contributed by atoms with Crippen LogP contribution in [0.4, 0.5) is 0 Å². The normalized spacial score (nSPS) is 20.5. The van der Waals surface area contributed by atoms with Gasteiger partial charge in [0, 0.05) is 6.54 Å². The number of rotatable bonds is 3. The van der Waals surface area contributed by atoms with Crippen molar-refractivity contribution in [1.29, 1.82) is 0 Å². The van der Waals surface area contributed by atoms with Crippen LogP contribution in [0.3, 0.4) is 0 Å². The summed E-state index contributed by atoms with van der Waals surface area (Å²) in [5.74, 6) is 0.509. The largest absolute Gasteiger partial charge is 0.351 e. The van der Waals surface area contributed by atoms with Crippen LogP contribution >= 0.6 is 22.9 Å². The number of thiophene rings is 1. The lowest BCUT2D eigenvalue weighted by Crippen LogP contribution is -2.29. The summed E-state index contributed by atoms with van der Waals surface area (Å²) in [5, 5.41) is 8.55. The van der Waals surface area contributed by atoms with E-state index in [4.69, 9.17) is 11.6 Å². The first-order valence-electron chi connectivity index (χ1n) is 4.99. The number of nitrogens with one attached hydrogen (secondary N) is 2. The number of hydrogen-bond acceptors (Lipinski definition) is 3. The Morgan fingerprint density at radius 2 is 2.60 bits per heavy atom. The maximum Gasteiger partial charge on any atom is 0.262 e. The molecule has 1 amide bonds. The lowest BCUT2D eigenvalue weighted by molar-refractivity contribution is 0.0952. The van der Waals surface area contributed by atoms with Gasteiger partial charge in [0.2, 0.25) is 0 Å². The first-order valence-corrected chi connectivity index (χ1v) is 6.25. The molecule has 1 atom stereocenters. The summed E-state index contributed by atoms with van der Waals surface area (Å²) >= 11 is 7.25. The highest BCUT2D eigenvalue weighted by molar-refractivity contribution is 7.12. The molecule has 1 unspecified atom stereocenters. The van der Waals surface area contributed by atoms with Crippen molar-refractivity contribution in [3.8, 4) is 0 Å². The quantitative estimate of drug-likeness (QED) is 0.851. The predicted octanol–water partition coefficient (Wildman–Crippen LogP) is 1.74. The van der Waals surface area contributed by atoms with Crippen LogP contribution in [0.2, 0.25) is 5.02 Å². The zero-order valence-corrected chi connectivity index (χ0v) is 9.83. The Hall–Kier alpha value is -0.580. The molecule has 1 aliphatic rings. The summed E-state index contributed by atoms with van der Waals surface area (Å²) in [6.45, 7) is 2.79. The lowest BCUT2D eigenvalue weighted by atomic mass is 10.1. The lowest BCUT2D eigenvalue weighted by Gasteiger charge is -2.09. The number of halogens is 1. The Labute approximate surface area is 97.8 Å². The van der Waals surface area contributed by atoms with Crippen LogP contribution < -0.4 is 10.6 Å². The van der Waals surface area contributed by atoms with E-state index in [1.54, 1.807) is 6.07 Å². The molecule has 0 radical (unpaired) electrons. The van der Waals surface area contributed by atoms with E-state index in [0.717, 1.165) is 26.1 Å². The van der Waals surface area contributed by atoms with Gasteiger partial charge >= 0.3 is 0 Å². The molecular formula is C10H13ClN2OS. The highest BCUT2D eigenvalue weighted by Gasteiger charge is 2.17. The third kappa shape index (κ3) is 2.71. The Kier molecular flexibility index (Phi) is 3.61. The molecule has 2 N–H and O–H groups in total. The summed E-state index contributed by atoms with van der Waals surface area (Å²) in [5.41, 5.74) is 0. The molecule has 82 valence electrons. The van der Waals surface area contributed by atoms with Crippen LogP contribution in [0.5, 0.6) is 0 Å². The van der Waals surface area contributed by atoms with Crippen molar-refractivity contribution < 1.29 is 4.79 Å². The third-order valence-corrected chi connectivity index (χ3v) is 3.88. The number of hydrogen-bond donors (Lipinski definition) is 2. The fourth-order valence-corrected chi connectivity index (χ4v) is 2.72. The Bertz CT molecular complexity index is 347. The molecule has 2 rings (SSSR count). The Morgan fingerprint density at radius 1 is 1.73 bits per heavy atom. The van der Waals surface area contributed by atoms with Crippen molar-refractivity contribution >= 4 is 28.8 Å². The first kappa shape index (κ1) is 10.9. The van der Waals surface area contributed by atoms with Crippen molar-refractivity contribution in [3.05, 3.63) is 21.3 Å². The fraction of sp³-hybridized carbons (Fsp3) is 0.500. The predicted molar refractivity (Wildman–Crippen MR) is 62.6 cm³/mol. The van der Waals surface area contributed by atoms with E-state index in [-0.39, 0.29) is 5.91 Å². The van der Waals surface area contributed by atoms with Crippen molar-refractivity contribution in [2.75, 3.05) is 19.6 Å². The summed E-state index contributed by atoms with van der Waals surface area (Å²) in [6.07, 6.45) is 1.14. The van der Waals surface area contributed by atoms with E-state index in [9.17, 15) is 4.79 Å². The van der Waals surface area contributed by atoms with Crippen molar-refractivity contribution in [3.63, 3.8) is 0 Å². The molecule has 1 saturated heterocycles. The van der Waals surface area contributed by atoms with Gasteiger partial charge < -0.3 is 10.6 Å². The van der Waals surface area contributed by atoms with Crippen LogP contribution in [0, 0.1) is 5.92 Å². The van der Waals surface area contributed by atoms with Gasteiger partial charge in [-0.05, 0) is 36.9 Å². The zero-order valence-electron chi connectivity index (χ0n) is 8.25. The van der Waals surface area contributed by atoms with E-state index >= 15 is 0 Å². The highest BCUT2D eigenvalue weighted by Crippen LogP contribution is 2.21. The fourth-order valence-electron chi connectivity index (χ4n) is 1.66. The molecule has 1 aromatic heterocycles. The molecule has 2 heterocycles. The molecule has 5 heteroatoms. The second-order valence-corrected chi connectivity index (χ2v) is 4.99. The maximum absolute atomic E-state index is 11.7. The molecule has 1 aliphatic heterocycles. The third-order valence-electron chi connectivity index (χ3n) is 2.54. The molecule has 15 heavy (non-hydrogen) atoms. The minimum atomic E-state index is -0.0538. The van der Waals surface area contributed by atoms with E-state index in [0.29, 0.717) is 15.8 Å². The minimum absolute atomic E-state index is 0.0538. The second-order valence-electron chi connectivity index (χ2n) is 3.67. The molecule has 1 fully saturated rings. The highest BCUT2D eigenvalue weighted by atomic mass is 35.5. The molecular weight excluding hydrogens is 232 g/mol. The average molecular weight is 245 g/mol. The van der Waals surface area contributed by atoms with Gasteiger partial charge in [0.15, 0.2) is 0 Å². The molecule has 0 bridgehead atoms. The van der Waals surface area contributed by atoms with Gasteiger partial charge in [-0.1, -0.05) is 11.6 Å². The van der Waals surface area contributed by atoms with Gasteiger partial charge in [-0.15, -0.1) is 11.3 Å². The number of carbonyl (C=O) groups is 1. The molecule has 0 aromatic carbocycles. The molecule has 0 aliphatic carbocycles.